The first-order chi connectivity index (χ1) is 11.3. The van der Waals surface area contributed by atoms with E-state index < -0.39 is 0 Å². The molecule has 0 saturated heterocycles. The van der Waals surface area contributed by atoms with E-state index in [1.807, 2.05) is 7.05 Å². The molecule has 8 unspecified atom stereocenters. The van der Waals surface area contributed by atoms with Crippen molar-refractivity contribution in [1.29, 1.82) is 0 Å². The summed E-state index contributed by atoms with van der Waals surface area (Å²) in [5.74, 6) is 5.94. The number of nitrogens with zero attached hydrogens (tertiary/aromatic N) is 2. The van der Waals surface area contributed by atoms with Crippen LogP contribution in [0.5, 0.6) is 0 Å². The van der Waals surface area contributed by atoms with Gasteiger partial charge in [-0.3, -0.25) is 0 Å². The van der Waals surface area contributed by atoms with Crippen LogP contribution in [0.4, 0.5) is 0 Å². The SMILES string of the molecule is C[N-]C(C)(C)CC1CC(C)C2CCC(C)C3([N-]C)CCC(C)C1C23. The Kier molecular flexibility index (Phi) is 5.13. The smallest absolute Gasteiger partial charge is 0.0340 e. The van der Waals surface area contributed by atoms with Gasteiger partial charge in [0.2, 0.25) is 0 Å². The van der Waals surface area contributed by atoms with Crippen LogP contribution in [-0.2, 0) is 0 Å². The van der Waals surface area contributed by atoms with Gasteiger partial charge in [0.25, 0.3) is 0 Å². The van der Waals surface area contributed by atoms with Crippen LogP contribution in [0.1, 0.15) is 73.1 Å². The van der Waals surface area contributed by atoms with Gasteiger partial charge in [-0.15, -0.1) is 11.1 Å². The molecule has 3 aliphatic carbocycles. The maximum absolute atomic E-state index is 5.16. The highest BCUT2D eigenvalue weighted by Gasteiger charge is 2.55. The van der Waals surface area contributed by atoms with Gasteiger partial charge in [0.15, 0.2) is 0 Å². The van der Waals surface area contributed by atoms with Gasteiger partial charge in [-0.1, -0.05) is 66.2 Å². The molecule has 0 aromatic heterocycles. The summed E-state index contributed by atoms with van der Waals surface area (Å²) in [5.41, 5.74) is 0.404. The topological polar surface area (TPSA) is 28.2 Å². The Morgan fingerprint density at radius 3 is 2.33 bits per heavy atom. The van der Waals surface area contributed by atoms with Crippen molar-refractivity contribution in [1.82, 2.24) is 0 Å². The van der Waals surface area contributed by atoms with E-state index in [-0.39, 0.29) is 11.1 Å². The molecule has 0 amide bonds. The third-order valence-corrected chi connectivity index (χ3v) is 8.63. The molecule has 0 aromatic carbocycles. The summed E-state index contributed by atoms with van der Waals surface area (Å²) in [4.78, 5) is 0. The molecule has 2 nitrogen and oxygen atoms in total. The van der Waals surface area contributed by atoms with E-state index in [2.05, 4.69) is 41.7 Å². The van der Waals surface area contributed by atoms with Crippen molar-refractivity contribution in [3.05, 3.63) is 10.6 Å². The van der Waals surface area contributed by atoms with Gasteiger partial charge in [-0.25, -0.2) is 0 Å². The highest BCUT2D eigenvalue weighted by molar-refractivity contribution is 5.20. The van der Waals surface area contributed by atoms with Gasteiger partial charge in [-0.2, -0.15) is 14.1 Å². The largest absolute Gasteiger partial charge is 0.660 e. The fraction of sp³-hybridized carbons (Fsp3) is 1.00. The molecule has 0 N–H and O–H groups in total. The second-order valence-corrected chi connectivity index (χ2v) is 10.2. The maximum Gasteiger partial charge on any atom is -0.0340 e. The molecular weight excluding hydrogens is 292 g/mol. The van der Waals surface area contributed by atoms with Crippen LogP contribution < -0.4 is 0 Å². The van der Waals surface area contributed by atoms with Gasteiger partial charge in [-0.05, 0) is 48.3 Å². The molecule has 3 rings (SSSR count). The van der Waals surface area contributed by atoms with E-state index in [4.69, 9.17) is 10.6 Å². The lowest BCUT2D eigenvalue weighted by molar-refractivity contribution is -0.101. The quantitative estimate of drug-likeness (QED) is 0.581. The summed E-state index contributed by atoms with van der Waals surface area (Å²) in [5, 5.41) is 9.86. The average molecular weight is 333 g/mol. The molecule has 0 heterocycles. The minimum absolute atomic E-state index is 0.126. The van der Waals surface area contributed by atoms with Gasteiger partial charge < -0.3 is 10.6 Å². The standard InChI is InChI=1S/C22H40N2/c1-14-10-11-22(24-7)16(3)8-9-18-15(2)12-17(19(14)20(18)22)13-21(4,5)23-6/h14-20H,8-13H2,1-7H3/q-2. The molecule has 8 atom stereocenters. The Morgan fingerprint density at radius 1 is 1.00 bits per heavy atom. The lowest BCUT2D eigenvalue weighted by atomic mass is 9.43. The molecule has 24 heavy (non-hydrogen) atoms. The zero-order chi connectivity index (χ0) is 17.7. The zero-order valence-electron chi connectivity index (χ0n) is 17.2. The van der Waals surface area contributed by atoms with Crippen molar-refractivity contribution in [2.75, 3.05) is 14.1 Å². The molecule has 140 valence electrons. The van der Waals surface area contributed by atoms with Gasteiger partial charge in [0.1, 0.15) is 0 Å². The van der Waals surface area contributed by atoms with E-state index in [1.54, 1.807) is 0 Å². The predicted molar refractivity (Wildman–Crippen MR) is 105 cm³/mol. The molecule has 3 fully saturated rings. The zero-order valence-corrected chi connectivity index (χ0v) is 17.2. The molecule has 0 aliphatic heterocycles. The van der Waals surface area contributed by atoms with Crippen LogP contribution in [0.15, 0.2) is 0 Å². The van der Waals surface area contributed by atoms with Crippen LogP contribution in [0.3, 0.4) is 0 Å². The minimum atomic E-state index is 0.126. The maximum atomic E-state index is 5.16. The Morgan fingerprint density at radius 2 is 1.71 bits per heavy atom. The minimum Gasteiger partial charge on any atom is -0.660 e. The first kappa shape index (κ1) is 18.7. The molecule has 3 aliphatic rings. The molecule has 0 aromatic rings. The van der Waals surface area contributed by atoms with Gasteiger partial charge in [0.05, 0.1) is 0 Å². The summed E-state index contributed by atoms with van der Waals surface area (Å²) in [6, 6.07) is 0. The van der Waals surface area contributed by atoms with Gasteiger partial charge >= 0.3 is 0 Å². The van der Waals surface area contributed by atoms with Crippen molar-refractivity contribution < 1.29 is 0 Å². The Balaban J connectivity index is 1.97. The highest BCUT2D eigenvalue weighted by Crippen LogP contribution is 2.64. The van der Waals surface area contributed by atoms with Crippen molar-refractivity contribution in [2.24, 2.45) is 41.4 Å². The lowest BCUT2D eigenvalue weighted by Gasteiger charge is -2.70. The van der Waals surface area contributed by atoms with Gasteiger partial charge in [0, 0.05) is 0 Å². The fourth-order valence-corrected chi connectivity index (χ4v) is 7.25. The molecule has 0 spiro atoms. The first-order valence-electron chi connectivity index (χ1n) is 10.5. The number of hydrogen-bond donors (Lipinski definition) is 0. The predicted octanol–water partition coefficient (Wildman–Crippen LogP) is 6.27. The average Bonchev–Trinajstić information content (AvgIpc) is 2.54. The van der Waals surface area contributed by atoms with Crippen LogP contribution in [0, 0.1) is 41.4 Å². The van der Waals surface area contributed by atoms with Crippen molar-refractivity contribution in [2.45, 2.75) is 84.2 Å². The van der Waals surface area contributed by atoms with E-state index in [1.165, 1.54) is 38.5 Å². The third-order valence-electron chi connectivity index (χ3n) is 8.63. The molecular formula is C22H40N2-2. The molecule has 2 heteroatoms. The number of rotatable bonds is 4. The third kappa shape index (κ3) is 2.86. The van der Waals surface area contributed by atoms with Crippen molar-refractivity contribution in [3.63, 3.8) is 0 Å². The van der Waals surface area contributed by atoms with Crippen LogP contribution in [0.25, 0.3) is 10.6 Å². The summed E-state index contributed by atoms with van der Waals surface area (Å²) in [7, 11) is 4.14. The van der Waals surface area contributed by atoms with Crippen molar-refractivity contribution >= 4 is 0 Å². The van der Waals surface area contributed by atoms with Crippen LogP contribution in [-0.4, -0.2) is 25.2 Å². The number of hydrogen-bond acceptors (Lipinski definition) is 0. The monoisotopic (exact) mass is 332 g/mol. The lowest BCUT2D eigenvalue weighted by Crippen LogP contribution is -2.61. The molecule has 0 bridgehead atoms. The second kappa shape index (κ2) is 6.58. The normalized spacial score (nSPS) is 48.9. The van der Waals surface area contributed by atoms with Crippen LogP contribution in [0.2, 0.25) is 0 Å². The van der Waals surface area contributed by atoms with E-state index in [9.17, 15) is 0 Å². The molecule has 0 radical (unpaired) electrons. The summed E-state index contributed by atoms with van der Waals surface area (Å²) in [6.07, 6.45) is 8.24. The van der Waals surface area contributed by atoms with E-state index >= 15 is 0 Å². The fourth-order valence-electron chi connectivity index (χ4n) is 7.25. The second-order valence-electron chi connectivity index (χ2n) is 10.2. The Bertz CT molecular complexity index is 445. The molecule has 3 saturated carbocycles. The Hall–Kier alpha value is -0.0800. The van der Waals surface area contributed by atoms with Crippen molar-refractivity contribution in [3.8, 4) is 0 Å². The van der Waals surface area contributed by atoms with Crippen LogP contribution >= 0.6 is 0 Å². The van der Waals surface area contributed by atoms with E-state index in [0.717, 1.165) is 41.4 Å². The first-order valence-corrected chi connectivity index (χ1v) is 10.5. The summed E-state index contributed by atoms with van der Waals surface area (Å²) < 4.78 is 0. The Labute approximate surface area is 150 Å². The van der Waals surface area contributed by atoms with E-state index in [0.29, 0.717) is 0 Å². The summed E-state index contributed by atoms with van der Waals surface area (Å²) >= 11 is 0. The summed E-state index contributed by atoms with van der Waals surface area (Å²) in [6.45, 7) is 12.2. The highest BCUT2D eigenvalue weighted by atomic mass is 15.0.